The first-order valence-corrected chi connectivity index (χ1v) is 4.61. The van der Waals surface area contributed by atoms with Crippen molar-refractivity contribution in [3.05, 3.63) is 16.2 Å². The molecule has 0 spiro atoms. The summed E-state index contributed by atoms with van der Waals surface area (Å²) in [5.74, 6) is 0.539. The molecule has 2 aromatic heterocycles. The Kier molecular flexibility index (Phi) is 1.54. The highest BCUT2D eigenvalue weighted by molar-refractivity contribution is 9.10. The van der Waals surface area contributed by atoms with Crippen molar-refractivity contribution in [1.82, 2.24) is 9.97 Å². The second kappa shape index (κ2) is 2.42. The molecule has 0 aromatic carbocycles. The Bertz CT molecular complexity index is 398. The van der Waals surface area contributed by atoms with Gasteiger partial charge in [0, 0.05) is 0 Å². The zero-order valence-corrected chi connectivity index (χ0v) is 7.82. The van der Waals surface area contributed by atoms with Crippen LogP contribution >= 0.6 is 27.3 Å². The maximum atomic E-state index is 5.63. The number of hydrogen-bond acceptors (Lipinski definition) is 4. The monoisotopic (exact) mass is 229 g/mol. The van der Waals surface area contributed by atoms with E-state index in [0.29, 0.717) is 10.6 Å². The number of nitrogens with two attached hydrogens (primary N) is 1. The lowest BCUT2D eigenvalue weighted by atomic mass is 10.4. The van der Waals surface area contributed by atoms with E-state index >= 15 is 0 Å². The Hall–Kier alpha value is -0.680. The highest BCUT2D eigenvalue weighted by atomic mass is 79.9. The molecule has 2 heterocycles. The van der Waals surface area contributed by atoms with Crippen LogP contribution in [0.3, 0.4) is 0 Å². The van der Waals surface area contributed by atoms with Crippen LogP contribution in [-0.4, -0.2) is 9.97 Å². The van der Waals surface area contributed by atoms with Crippen LogP contribution in [0.4, 0.5) is 5.82 Å². The summed E-state index contributed by atoms with van der Waals surface area (Å²) in [6, 6.07) is 1.92. The van der Waals surface area contributed by atoms with Crippen LogP contribution < -0.4 is 5.73 Å². The van der Waals surface area contributed by atoms with Crippen LogP contribution in [0.15, 0.2) is 16.2 Å². The number of halogens is 1. The van der Waals surface area contributed by atoms with Crippen LogP contribution in [-0.2, 0) is 0 Å². The van der Waals surface area contributed by atoms with Crippen molar-refractivity contribution in [2.24, 2.45) is 0 Å². The predicted octanol–water partition coefficient (Wildman–Crippen LogP) is 2.04. The highest BCUT2D eigenvalue weighted by Crippen LogP contribution is 2.24. The molecular weight excluding hydrogens is 226 g/mol. The van der Waals surface area contributed by atoms with Crippen molar-refractivity contribution < 1.29 is 0 Å². The first kappa shape index (κ1) is 7.00. The van der Waals surface area contributed by atoms with E-state index in [0.717, 1.165) is 10.2 Å². The third kappa shape index (κ3) is 1.10. The molecule has 0 fully saturated rings. The quantitative estimate of drug-likeness (QED) is 0.704. The summed E-state index contributed by atoms with van der Waals surface area (Å²) in [6.07, 6.45) is 0. The first-order valence-electron chi connectivity index (χ1n) is 2.93. The van der Waals surface area contributed by atoms with Crippen molar-refractivity contribution in [3.8, 4) is 0 Å². The number of aromatic nitrogens is 2. The standard InChI is InChI=1S/C6H4BrN3S/c7-6-9-3-1-2-11-4(3)5(8)10-6/h1-2H,(H2,8,9,10). The van der Waals surface area contributed by atoms with Gasteiger partial charge in [0.1, 0.15) is 5.82 Å². The van der Waals surface area contributed by atoms with Gasteiger partial charge in [-0.25, -0.2) is 9.97 Å². The Morgan fingerprint density at radius 2 is 2.27 bits per heavy atom. The van der Waals surface area contributed by atoms with Gasteiger partial charge in [0.15, 0.2) is 4.73 Å². The maximum Gasteiger partial charge on any atom is 0.199 e. The summed E-state index contributed by atoms with van der Waals surface area (Å²) in [4.78, 5) is 8.10. The number of thiophene rings is 1. The molecule has 0 saturated heterocycles. The number of rotatable bonds is 0. The summed E-state index contributed by atoms with van der Waals surface area (Å²) in [7, 11) is 0. The van der Waals surface area contributed by atoms with Gasteiger partial charge in [-0.05, 0) is 27.4 Å². The maximum absolute atomic E-state index is 5.63. The minimum Gasteiger partial charge on any atom is -0.382 e. The van der Waals surface area contributed by atoms with Crippen LogP contribution in [0.2, 0.25) is 0 Å². The van der Waals surface area contributed by atoms with Crippen molar-refractivity contribution in [3.63, 3.8) is 0 Å². The number of nitrogens with zero attached hydrogens (tertiary/aromatic N) is 2. The van der Waals surface area contributed by atoms with E-state index in [1.54, 1.807) is 11.3 Å². The van der Waals surface area contributed by atoms with E-state index < -0.39 is 0 Å². The minimum atomic E-state index is 0.539. The van der Waals surface area contributed by atoms with Crippen molar-refractivity contribution in [2.75, 3.05) is 5.73 Å². The van der Waals surface area contributed by atoms with Gasteiger partial charge in [0.2, 0.25) is 0 Å². The van der Waals surface area contributed by atoms with Gasteiger partial charge in [0.25, 0.3) is 0 Å². The molecular formula is C6H4BrN3S. The van der Waals surface area contributed by atoms with Gasteiger partial charge in [-0.2, -0.15) is 0 Å². The van der Waals surface area contributed by atoms with Crippen LogP contribution in [0.1, 0.15) is 0 Å². The molecule has 0 unspecified atom stereocenters. The van der Waals surface area contributed by atoms with E-state index in [1.807, 2.05) is 11.4 Å². The predicted molar refractivity (Wildman–Crippen MR) is 49.5 cm³/mol. The molecule has 0 radical (unpaired) electrons. The molecule has 11 heavy (non-hydrogen) atoms. The topological polar surface area (TPSA) is 51.8 Å². The van der Waals surface area contributed by atoms with E-state index in [1.165, 1.54) is 0 Å². The van der Waals surface area contributed by atoms with E-state index in [4.69, 9.17) is 5.73 Å². The highest BCUT2D eigenvalue weighted by Gasteiger charge is 2.02. The fraction of sp³-hybridized carbons (Fsp3) is 0. The zero-order chi connectivity index (χ0) is 7.84. The number of nitrogen functional groups attached to an aromatic ring is 1. The molecule has 0 aliphatic carbocycles. The molecule has 0 amide bonds. The molecule has 0 saturated carbocycles. The van der Waals surface area contributed by atoms with Crippen LogP contribution in [0.5, 0.6) is 0 Å². The molecule has 0 bridgehead atoms. The average molecular weight is 230 g/mol. The normalized spacial score (nSPS) is 10.6. The molecule has 2 N–H and O–H groups in total. The fourth-order valence-corrected chi connectivity index (χ4v) is 1.97. The lowest BCUT2D eigenvalue weighted by Crippen LogP contribution is -1.92. The largest absolute Gasteiger partial charge is 0.382 e. The number of hydrogen-bond donors (Lipinski definition) is 1. The van der Waals surface area contributed by atoms with Crippen molar-refractivity contribution in [2.45, 2.75) is 0 Å². The molecule has 56 valence electrons. The first-order chi connectivity index (χ1) is 5.27. The van der Waals surface area contributed by atoms with Gasteiger partial charge in [-0.15, -0.1) is 11.3 Å². The summed E-state index contributed by atoms with van der Waals surface area (Å²) in [5, 5.41) is 1.95. The van der Waals surface area contributed by atoms with E-state index in [-0.39, 0.29) is 0 Å². The number of anilines is 1. The number of fused-ring (bicyclic) bond motifs is 1. The second-order valence-corrected chi connectivity index (χ2v) is 3.64. The van der Waals surface area contributed by atoms with Gasteiger partial charge < -0.3 is 5.73 Å². The molecule has 5 heteroatoms. The van der Waals surface area contributed by atoms with Crippen molar-refractivity contribution >= 4 is 43.3 Å². The molecule has 0 aliphatic heterocycles. The molecule has 2 rings (SSSR count). The zero-order valence-electron chi connectivity index (χ0n) is 5.41. The minimum absolute atomic E-state index is 0.539. The SMILES string of the molecule is Nc1nc(Br)nc2ccsc12. The van der Waals surface area contributed by atoms with Gasteiger partial charge in [0.05, 0.1) is 10.2 Å². The summed E-state index contributed by atoms with van der Waals surface area (Å²) < 4.78 is 1.49. The Balaban J connectivity index is 2.91. The molecule has 0 aliphatic rings. The lowest BCUT2D eigenvalue weighted by molar-refractivity contribution is 1.17. The van der Waals surface area contributed by atoms with E-state index in [2.05, 4.69) is 25.9 Å². The van der Waals surface area contributed by atoms with Gasteiger partial charge in [-0.3, -0.25) is 0 Å². The van der Waals surface area contributed by atoms with Gasteiger partial charge >= 0.3 is 0 Å². The summed E-state index contributed by atoms with van der Waals surface area (Å²) >= 11 is 4.72. The molecule has 2 aromatic rings. The summed E-state index contributed by atoms with van der Waals surface area (Å²) in [6.45, 7) is 0. The van der Waals surface area contributed by atoms with Crippen molar-refractivity contribution in [1.29, 1.82) is 0 Å². The molecule has 3 nitrogen and oxygen atoms in total. The van der Waals surface area contributed by atoms with Gasteiger partial charge in [-0.1, -0.05) is 0 Å². The van der Waals surface area contributed by atoms with Crippen LogP contribution in [0.25, 0.3) is 10.2 Å². The Morgan fingerprint density at radius 3 is 3.09 bits per heavy atom. The third-order valence-corrected chi connectivity index (χ3v) is 2.58. The fourth-order valence-electron chi connectivity index (χ4n) is 0.857. The van der Waals surface area contributed by atoms with Crippen LogP contribution in [0, 0.1) is 0 Å². The van der Waals surface area contributed by atoms with E-state index in [9.17, 15) is 0 Å². The smallest absolute Gasteiger partial charge is 0.199 e. The second-order valence-electron chi connectivity index (χ2n) is 2.01. The lowest BCUT2D eigenvalue weighted by Gasteiger charge is -1.93. The Labute approximate surface area is 75.4 Å². The molecule has 0 atom stereocenters. The summed E-state index contributed by atoms with van der Waals surface area (Å²) in [5.41, 5.74) is 6.53. The average Bonchev–Trinajstić information content (AvgIpc) is 2.34. The third-order valence-electron chi connectivity index (χ3n) is 1.30. The Morgan fingerprint density at radius 1 is 1.45 bits per heavy atom.